The summed E-state index contributed by atoms with van der Waals surface area (Å²) in [4.78, 5) is 30.3. The number of carbonyl (C=O) groups is 2. The van der Waals surface area contributed by atoms with Crippen LogP contribution in [0.1, 0.15) is 37.7 Å². The quantitative estimate of drug-likeness (QED) is 0.796. The van der Waals surface area contributed by atoms with E-state index in [9.17, 15) is 23.1 Å². The summed E-state index contributed by atoms with van der Waals surface area (Å²) in [5.41, 5.74) is 0.428. The number of aliphatic carboxylic acids is 1. The number of carboxylic acids is 1. The van der Waals surface area contributed by atoms with E-state index in [1.165, 1.54) is 11.0 Å². The highest BCUT2D eigenvalue weighted by Crippen LogP contribution is 2.39. The third-order valence-electron chi connectivity index (χ3n) is 5.70. The number of carboxylic acid groups (broad SMARTS) is 1. The molecule has 27 heavy (non-hydrogen) atoms. The highest BCUT2D eigenvalue weighted by molar-refractivity contribution is 7.90. The number of rotatable bonds is 3. The molecule has 0 bridgehead atoms. The molecular weight excluding hydrogens is 370 g/mol. The van der Waals surface area contributed by atoms with Gasteiger partial charge in [0.1, 0.15) is 18.4 Å². The molecule has 1 amide bonds. The van der Waals surface area contributed by atoms with Crippen LogP contribution in [0.25, 0.3) is 0 Å². The van der Waals surface area contributed by atoms with Gasteiger partial charge in [-0.05, 0) is 37.3 Å². The maximum Gasteiger partial charge on any atom is 0.326 e. The maximum atomic E-state index is 12.8. The van der Waals surface area contributed by atoms with Gasteiger partial charge in [-0.15, -0.1) is 0 Å². The molecule has 1 saturated heterocycles. The van der Waals surface area contributed by atoms with Gasteiger partial charge in [0.25, 0.3) is 10.0 Å². The average molecular weight is 391 g/mol. The number of amidine groups is 1. The Kier molecular flexibility index (Phi) is 4.41. The molecule has 144 valence electrons. The van der Waals surface area contributed by atoms with Crippen molar-refractivity contribution in [1.29, 1.82) is 0 Å². The van der Waals surface area contributed by atoms with Gasteiger partial charge in [0, 0.05) is 11.6 Å². The van der Waals surface area contributed by atoms with Crippen molar-refractivity contribution in [1.82, 2.24) is 9.62 Å². The van der Waals surface area contributed by atoms with Gasteiger partial charge in [-0.2, -0.15) is 0 Å². The smallest absolute Gasteiger partial charge is 0.326 e. The highest BCUT2D eigenvalue weighted by atomic mass is 32.2. The van der Waals surface area contributed by atoms with E-state index < -0.39 is 22.0 Å². The predicted molar refractivity (Wildman–Crippen MR) is 96.8 cm³/mol. The molecule has 2 N–H and O–H groups in total. The van der Waals surface area contributed by atoms with E-state index in [4.69, 9.17) is 0 Å². The molecular formula is C18H21N3O5S. The average Bonchev–Trinajstić information content (AvgIpc) is 3.16. The van der Waals surface area contributed by atoms with E-state index in [1.54, 1.807) is 18.2 Å². The molecule has 1 aromatic carbocycles. The molecule has 3 aliphatic rings. The van der Waals surface area contributed by atoms with Gasteiger partial charge in [0.15, 0.2) is 0 Å². The van der Waals surface area contributed by atoms with E-state index in [1.807, 2.05) is 0 Å². The molecule has 9 heteroatoms. The van der Waals surface area contributed by atoms with Crippen molar-refractivity contribution in [2.45, 2.75) is 49.1 Å². The number of nitrogens with zero attached hydrogens (tertiary/aromatic N) is 2. The first-order chi connectivity index (χ1) is 12.9. The summed E-state index contributed by atoms with van der Waals surface area (Å²) < 4.78 is 26.6. The second-order valence-corrected chi connectivity index (χ2v) is 8.92. The Bertz CT molecular complexity index is 927. The lowest BCUT2D eigenvalue weighted by Gasteiger charge is -2.32. The summed E-state index contributed by atoms with van der Waals surface area (Å²) in [6, 6.07) is 5.56. The zero-order chi connectivity index (χ0) is 19.2. The fraction of sp³-hybridized carbons (Fsp3) is 0.500. The predicted octanol–water partition coefficient (Wildman–Crippen LogP) is 0.969. The fourth-order valence-electron chi connectivity index (χ4n) is 4.52. The molecule has 3 unspecified atom stereocenters. The minimum Gasteiger partial charge on any atom is -0.480 e. The molecule has 2 fully saturated rings. The van der Waals surface area contributed by atoms with E-state index >= 15 is 0 Å². The van der Waals surface area contributed by atoms with Crippen molar-refractivity contribution in [3.8, 4) is 0 Å². The third kappa shape index (κ3) is 3.09. The summed E-state index contributed by atoms with van der Waals surface area (Å²) in [5, 5.41) is 9.54. The van der Waals surface area contributed by atoms with Gasteiger partial charge in [-0.3, -0.25) is 14.5 Å². The summed E-state index contributed by atoms with van der Waals surface area (Å²) in [5.74, 6) is -1.00. The topological polar surface area (TPSA) is 116 Å². The van der Waals surface area contributed by atoms with Gasteiger partial charge in [-0.1, -0.05) is 25.0 Å². The van der Waals surface area contributed by atoms with Crippen LogP contribution in [-0.2, 0) is 19.6 Å². The van der Waals surface area contributed by atoms with Crippen LogP contribution < -0.4 is 4.72 Å². The lowest BCUT2D eigenvalue weighted by molar-refractivity contribution is -0.149. The standard InChI is InChI=1S/C18H21N3O5S/c22-16(21-13-7-3-1-5-11(13)9-14(21)18(23)24)10-19-17-12-6-2-4-8-15(12)27(25,26)20-17/h2,4,6,8,11,13-14H,1,3,5,7,9-10H2,(H,19,20)(H,23,24). The number of carbonyl (C=O) groups excluding carboxylic acids is 1. The van der Waals surface area contributed by atoms with Crippen LogP contribution in [0.15, 0.2) is 34.2 Å². The van der Waals surface area contributed by atoms with Crippen LogP contribution in [0.4, 0.5) is 0 Å². The highest BCUT2D eigenvalue weighted by Gasteiger charge is 2.47. The molecule has 0 radical (unpaired) electrons. The number of aliphatic imine (C=N–C) groups is 1. The molecule has 0 spiro atoms. The van der Waals surface area contributed by atoms with E-state index in [0.29, 0.717) is 12.0 Å². The van der Waals surface area contributed by atoms with Crippen LogP contribution in [0.5, 0.6) is 0 Å². The molecule has 1 aromatic rings. The number of hydrogen-bond acceptors (Lipinski definition) is 5. The molecule has 2 aliphatic heterocycles. The van der Waals surface area contributed by atoms with Crippen molar-refractivity contribution >= 4 is 27.7 Å². The molecule has 4 rings (SSSR count). The Labute approximate surface area is 157 Å². The number of nitrogens with one attached hydrogen (secondary N) is 1. The molecule has 0 aromatic heterocycles. The first-order valence-corrected chi connectivity index (χ1v) is 10.6. The maximum absolute atomic E-state index is 12.8. The lowest BCUT2D eigenvalue weighted by Crippen LogP contribution is -2.47. The minimum atomic E-state index is -3.66. The Hall–Kier alpha value is -2.42. The monoisotopic (exact) mass is 391 g/mol. The Morgan fingerprint density at radius 1 is 1.22 bits per heavy atom. The first-order valence-electron chi connectivity index (χ1n) is 9.09. The summed E-state index contributed by atoms with van der Waals surface area (Å²) in [6.07, 6.45) is 4.29. The van der Waals surface area contributed by atoms with Crippen molar-refractivity contribution in [2.24, 2.45) is 10.9 Å². The molecule has 1 aliphatic carbocycles. The van der Waals surface area contributed by atoms with Gasteiger partial charge >= 0.3 is 5.97 Å². The number of benzene rings is 1. The molecule has 3 atom stereocenters. The Morgan fingerprint density at radius 3 is 2.74 bits per heavy atom. The number of fused-ring (bicyclic) bond motifs is 2. The number of likely N-dealkylation sites (tertiary alicyclic amines) is 1. The van der Waals surface area contributed by atoms with Crippen LogP contribution >= 0.6 is 0 Å². The first kappa shape index (κ1) is 18.0. The van der Waals surface area contributed by atoms with Crippen LogP contribution in [0, 0.1) is 5.92 Å². The van der Waals surface area contributed by atoms with Gasteiger partial charge in [0.05, 0.1) is 4.90 Å². The Morgan fingerprint density at radius 2 is 1.96 bits per heavy atom. The van der Waals surface area contributed by atoms with Crippen LogP contribution in [0.2, 0.25) is 0 Å². The molecule has 8 nitrogen and oxygen atoms in total. The van der Waals surface area contributed by atoms with Crippen molar-refractivity contribution < 1.29 is 23.1 Å². The minimum absolute atomic E-state index is 0.0555. The number of hydrogen-bond donors (Lipinski definition) is 2. The zero-order valence-corrected chi connectivity index (χ0v) is 15.5. The molecule has 2 heterocycles. The van der Waals surface area contributed by atoms with Crippen molar-refractivity contribution in [3.05, 3.63) is 29.8 Å². The Balaban J connectivity index is 1.57. The number of sulfonamides is 1. The summed E-state index contributed by atoms with van der Waals surface area (Å²) >= 11 is 0. The zero-order valence-electron chi connectivity index (χ0n) is 14.7. The SMILES string of the molecule is O=C(O)C1CC2CCCCC2N1C(=O)CN=C1NS(=O)(=O)c2ccccc21. The summed E-state index contributed by atoms with van der Waals surface area (Å²) in [7, 11) is -3.66. The van der Waals surface area contributed by atoms with Crippen LogP contribution in [0.3, 0.4) is 0 Å². The van der Waals surface area contributed by atoms with E-state index in [0.717, 1.165) is 25.7 Å². The number of amides is 1. The third-order valence-corrected chi connectivity index (χ3v) is 7.09. The van der Waals surface area contributed by atoms with Crippen molar-refractivity contribution in [2.75, 3.05) is 6.54 Å². The normalized spacial score (nSPS) is 29.9. The lowest BCUT2D eigenvalue weighted by atomic mass is 9.85. The second kappa shape index (κ2) is 6.63. The molecule has 1 saturated carbocycles. The van der Waals surface area contributed by atoms with Gasteiger partial charge in [0.2, 0.25) is 5.91 Å². The van der Waals surface area contributed by atoms with Gasteiger partial charge < -0.3 is 10.0 Å². The second-order valence-electron chi connectivity index (χ2n) is 7.27. The largest absolute Gasteiger partial charge is 0.480 e. The van der Waals surface area contributed by atoms with E-state index in [-0.39, 0.29) is 35.1 Å². The van der Waals surface area contributed by atoms with Crippen molar-refractivity contribution in [3.63, 3.8) is 0 Å². The summed E-state index contributed by atoms with van der Waals surface area (Å²) in [6.45, 7) is -0.279. The van der Waals surface area contributed by atoms with Crippen LogP contribution in [-0.4, -0.2) is 54.8 Å². The van der Waals surface area contributed by atoms with E-state index in [2.05, 4.69) is 9.71 Å². The van der Waals surface area contributed by atoms with Gasteiger partial charge in [-0.25, -0.2) is 13.2 Å². The fourth-order valence-corrected chi connectivity index (χ4v) is 5.77.